The molecule has 76 valence electrons. The maximum absolute atomic E-state index is 10.7. The van der Waals surface area contributed by atoms with Gasteiger partial charge in [0.1, 0.15) is 0 Å². The summed E-state index contributed by atoms with van der Waals surface area (Å²) in [5.74, 6) is -0.314. The van der Waals surface area contributed by atoms with Crippen molar-refractivity contribution in [3.05, 3.63) is 17.8 Å². The first kappa shape index (κ1) is 10.5. The predicted molar refractivity (Wildman–Crippen MR) is 50.7 cm³/mol. The van der Waals surface area contributed by atoms with Crippen molar-refractivity contribution in [3.8, 4) is 5.88 Å². The van der Waals surface area contributed by atoms with Gasteiger partial charge in [0, 0.05) is 14.0 Å². The summed E-state index contributed by atoms with van der Waals surface area (Å²) in [6.07, 6.45) is 0. The summed E-state index contributed by atoms with van der Waals surface area (Å²) in [6.45, 7) is 1.65. The van der Waals surface area contributed by atoms with Crippen molar-refractivity contribution in [1.82, 2.24) is 4.98 Å². The van der Waals surface area contributed by atoms with Gasteiger partial charge in [-0.3, -0.25) is 4.79 Å². The van der Waals surface area contributed by atoms with Crippen LogP contribution in [-0.4, -0.2) is 18.1 Å². The molecule has 0 unspecified atom stereocenters. The number of nitrogen functional groups attached to an aromatic ring is 1. The predicted octanol–water partition coefficient (Wildman–Crippen LogP) is 0.735. The van der Waals surface area contributed by atoms with E-state index in [1.807, 2.05) is 0 Å². The Morgan fingerprint density at radius 3 is 2.86 bits per heavy atom. The quantitative estimate of drug-likeness (QED) is 0.721. The fraction of sp³-hybridized carbons (Fsp3) is 0.333. The van der Waals surface area contributed by atoms with Gasteiger partial charge in [-0.2, -0.15) is 0 Å². The number of anilines is 1. The summed E-state index contributed by atoms with van der Waals surface area (Å²) in [4.78, 5) is 14.7. The molecular weight excluding hydrogens is 184 g/mol. The van der Waals surface area contributed by atoms with Crippen molar-refractivity contribution < 1.29 is 14.3 Å². The van der Waals surface area contributed by atoms with Crippen molar-refractivity contribution in [1.29, 1.82) is 0 Å². The van der Waals surface area contributed by atoms with Gasteiger partial charge in [-0.15, -0.1) is 0 Å². The Bertz CT molecular complexity index is 339. The summed E-state index contributed by atoms with van der Waals surface area (Å²) >= 11 is 0. The number of nitrogens with two attached hydrogens (primary N) is 1. The molecule has 0 fully saturated rings. The molecule has 0 bridgehead atoms. The number of aromatic nitrogens is 1. The molecule has 5 nitrogen and oxygen atoms in total. The van der Waals surface area contributed by atoms with E-state index >= 15 is 0 Å². The number of rotatable bonds is 3. The average molecular weight is 196 g/mol. The molecule has 5 heteroatoms. The Labute approximate surface area is 81.8 Å². The van der Waals surface area contributed by atoms with E-state index in [-0.39, 0.29) is 5.88 Å². The molecule has 0 amide bonds. The lowest BCUT2D eigenvalue weighted by molar-refractivity contribution is -0.132. The minimum atomic E-state index is -0.446. The van der Waals surface area contributed by atoms with Gasteiger partial charge in [0.25, 0.3) is 0 Å². The monoisotopic (exact) mass is 196 g/mol. The molecule has 0 aromatic carbocycles. The second-order valence-corrected chi connectivity index (χ2v) is 2.72. The van der Waals surface area contributed by atoms with Crippen LogP contribution in [0.5, 0.6) is 5.88 Å². The maximum Gasteiger partial charge on any atom is 0.309 e. The lowest BCUT2D eigenvalue weighted by Gasteiger charge is -2.05. The van der Waals surface area contributed by atoms with Crippen molar-refractivity contribution in [3.63, 3.8) is 0 Å². The summed E-state index contributed by atoms with van der Waals surface area (Å²) in [6, 6.07) is 3.34. The first-order valence-corrected chi connectivity index (χ1v) is 4.06. The van der Waals surface area contributed by atoms with Crippen LogP contribution in [0.3, 0.4) is 0 Å². The normalized spacial score (nSPS) is 9.86. The third-order valence-corrected chi connectivity index (χ3v) is 1.48. The van der Waals surface area contributed by atoms with E-state index in [9.17, 15) is 4.79 Å². The van der Waals surface area contributed by atoms with Crippen molar-refractivity contribution in [2.75, 3.05) is 12.8 Å². The molecule has 0 radical (unpaired) electrons. The highest BCUT2D eigenvalue weighted by atomic mass is 16.5. The molecule has 0 atom stereocenters. The first-order chi connectivity index (χ1) is 6.63. The van der Waals surface area contributed by atoms with Crippen LogP contribution in [0.15, 0.2) is 12.1 Å². The molecule has 0 spiro atoms. The largest absolute Gasteiger partial charge is 0.405 e. The Morgan fingerprint density at radius 1 is 1.57 bits per heavy atom. The van der Waals surface area contributed by atoms with E-state index in [0.29, 0.717) is 18.0 Å². The minimum Gasteiger partial charge on any atom is -0.405 e. The van der Waals surface area contributed by atoms with E-state index in [0.717, 1.165) is 0 Å². The second kappa shape index (κ2) is 4.57. The number of carbonyl (C=O) groups excluding carboxylic acids is 1. The molecular formula is C9H12N2O3. The van der Waals surface area contributed by atoms with E-state index in [1.165, 1.54) is 6.92 Å². The number of hydrogen-bond donors (Lipinski definition) is 1. The number of esters is 1. The average Bonchev–Trinajstić information content (AvgIpc) is 2.10. The molecule has 1 aromatic heterocycles. The second-order valence-electron chi connectivity index (χ2n) is 2.72. The van der Waals surface area contributed by atoms with E-state index < -0.39 is 5.97 Å². The lowest BCUT2D eigenvalue weighted by Crippen LogP contribution is -2.07. The van der Waals surface area contributed by atoms with Crippen molar-refractivity contribution >= 4 is 11.7 Å². The van der Waals surface area contributed by atoms with Gasteiger partial charge < -0.3 is 15.2 Å². The van der Waals surface area contributed by atoms with E-state index in [4.69, 9.17) is 15.2 Å². The number of methoxy groups -OCH3 is 1. The fourth-order valence-corrected chi connectivity index (χ4v) is 0.936. The molecule has 1 heterocycles. The third kappa shape index (κ3) is 2.70. The van der Waals surface area contributed by atoms with Gasteiger partial charge in [0.2, 0.25) is 5.88 Å². The van der Waals surface area contributed by atoms with Gasteiger partial charge in [0.15, 0.2) is 0 Å². The van der Waals surface area contributed by atoms with Crippen LogP contribution in [0.2, 0.25) is 0 Å². The van der Waals surface area contributed by atoms with Gasteiger partial charge in [0.05, 0.1) is 18.0 Å². The molecule has 0 aliphatic heterocycles. The zero-order valence-electron chi connectivity index (χ0n) is 8.11. The molecule has 14 heavy (non-hydrogen) atoms. The smallest absolute Gasteiger partial charge is 0.309 e. The molecule has 0 saturated carbocycles. The van der Waals surface area contributed by atoms with Crippen molar-refractivity contribution in [2.24, 2.45) is 0 Å². The molecule has 2 N–H and O–H groups in total. The van der Waals surface area contributed by atoms with Crippen LogP contribution in [0.1, 0.15) is 12.6 Å². The summed E-state index contributed by atoms with van der Waals surface area (Å²) < 4.78 is 9.69. The maximum atomic E-state index is 10.7. The van der Waals surface area contributed by atoms with Gasteiger partial charge in [-0.25, -0.2) is 4.98 Å². The Morgan fingerprint density at radius 2 is 2.29 bits per heavy atom. The van der Waals surface area contributed by atoms with Crippen LogP contribution in [0.25, 0.3) is 0 Å². The lowest BCUT2D eigenvalue weighted by atomic mass is 10.3. The van der Waals surface area contributed by atoms with E-state index in [2.05, 4.69) is 4.98 Å². The number of hydrogen-bond acceptors (Lipinski definition) is 5. The standard InChI is InChI=1S/C9H12N2O3/c1-6(12)14-9-8(10)4-3-7(11-9)5-13-2/h3-4H,5,10H2,1-2H3. The van der Waals surface area contributed by atoms with Crippen LogP contribution in [0.4, 0.5) is 5.69 Å². The Kier molecular flexibility index (Phi) is 3.41. The number of carbonyl (C=O) groups is 1. The molecule has 1 rings (SSSR count). The van der Waals surface area contributed by atoms with Gasteiger partial charge >= 0.3 is 5.97 Å². The number of ether oxygens (including phenoxy) is 2. The van der Waals surface area contributed by atoms with Crippen LogP contribution in [0, 0.1) is 0 Å². The molecule has 0 aliphatic rings. The summed E-state index contributed by atoms with van der Waals surface area (Å²) in [5, 5.41) is 0. The minimum absolute atomic E-state index is 0.132. The van der Waals surface area contributed by atoms with Crippen LogP contribution >= 0.6 is 0 Å². The van der Waals surface area contributed by atoms with Gasteiger partial charge in [-0.1, -0.05) is 0 Å². The highest BCUT2D eigenvalue weighted by Crippen LogP contribution is 2.18. The topological polar surface area (TPSA) is 74.4 Å². The highest BCUT2D eigenvalue weighted by molar-refractivity contribution is 5.70. The fourth-order valence-electron chi connectivity index (χ4n) is 0.936. The van der Waals surface area contributed by atoms with Crippen LogP contribution < -0.4 is 10.5 Å². The Hall–Kier alpha value is -1.62. The SMILES string of the molecule is COCc1ccc(N)c(OC(C)=O)n1. The zero-order chi connectivity index (χ0) is 10.6. The molecule has 0 aliphatic carbocycles. The molecule has 0 saturated heterocycles. The molecule has 1 aromatic rings. The highest BCUT2D eigenvalue weighted by Gasteiger charge is 2.06. The first-order valence-electron chi connectivity index (χ1n) is 4.06. The number of pyridine rings is 1. The Balaban J connectivity index is 2.90. The number of nitrogens with zero attached hydrogens (tertiary/aromatic N) is 1. The van der Waals surface area contributed by atoms with Crippen molar-refractivity contribution in [2.45, 2.75) is 13.5 Å². The van der Waals surface area contributed by atoms with E-state index in [1.54, 1.807) is 19.2 Å². The van der Waals surface area contributed by atoms with Crippen LogP contribution in [-0.2, 0) is 16.1 Å². The zero-order valence-corrected chi connectivity index (χ0v) is 8.11. The summed E-state index contributed by atoms with van der Waals surface area (Å²) in [7, 11) is 1.56. The third-order valence-electron chi connectivity index (χ3n) is 1.48. The summed E-state index contributed by atoms with van der Waals surface area (Å²) in [5.41, 5.74) is 6.55. The van der Waals surface area contributed by atoms with Gasteiger partial charge in [-0.05, 0) is 12.1 Å².